The molecule has 3 unspecified atom stereocenters. The van der Waals surface area contributed by atoms with Crippen molar-refractivity contribution in [2.45, 2.75) is 64.8 Å². The lowest BCUT2D eigenvalue weighted by molar-refractivity contribution is 0.142. The predicted octanol–water partition coefficient (Wildman–Crippen LogP) is 3.59. The average Bonchev–Trinajstić information content (AvgIpc) is 2.26. The molecule has 2 aliphatic rings. The molecule has 0 amide bonds. The zero-order chi connectivity index (χ0) is 10.7. The van der Waals surface area contributed by atoms with Crippen LogP contribution >= 0.6 is 0 Å². The summed E-state index contributed by atoms with van der Waals surface area (Å²) in [4.78, 5) is 0. The Morgan fingerprint density at radius 3 is 2.47 bits per heavy atom. The van der Waals surface area contributed by atoms with Gasteiger partial charge in [0.2, 0.25) is 0 Å². The number of fused-ring (bicyclic) bond motifs is 1. The van der Waals surface area contributed by atoms with Gasteiger partial charge in [0.05, 0.1) is 0 Å². The van der Waals surface area contributed by atoms with Gasteiger partial charge in [-0.2, -0.15) is 0 Å². The highest BCUT2D eigenvalue weighted by atomic mass is 14.9. The van der Waals surface area contributed by atoms with E-state index in [4.69, 9.17) is 0 Å². The highest BCUT2D eigenvalue weighted by molar-refractivity contribution is 4.86. The first-order chi connectivity index (χ1) is 7.25. The van der Waals surface area contributed by atoms with Gasteiger partial charge in [-0.25, -0.2) is 0 Å². The topological polar surface area (TPSA) is 12.0 Å². The van der Waals surface area contributed by atoms with Crippen molar-refractivity contribution in [2.24, 2.45) is 17.8 Å². The first-order valence-corrected chi connectivity index (χ1v) is 6.99. The van der Waals surface area contributed by atoms with Crippen LogP contribution in [-0.4, -0.2) is 12.6 Å². The number of hydrogen-bond acceptors (Lipinski definition) is 1. The summed E-state index contributed by atoms with van der Waals surface area (Å²) in [5, 5.41) is 3.75. The van der Waals surface area contributed by atoms with Gasteiger partial charge in [0.15, 0.2) is 0 Å². The molecule has 3 atom stereocenters. The van der Waals surface area contributed by atoms with Crippen LogP contribution in [-0.2, 0) is 0 Å². The smallest absolute Gasteiger partial charge is 0.00700 e. The largest absolute Gasteiger partial charge is 0.314 e. The van der Waals surface area contributed by atoms with Crippen LogP contribution in [0, 0.1) is 17.8 Å². The molecule has 88 valence electrons. The normalized spacial score (nSPS) is 36.6. The Morgan fingerprint density at radius 2 is 1.73 bits per heavy atom. The molecule has 0 radical (unpaired) electrons. The van der Waals surface area contributed by atoms with E-state index in [-0.39, 0.29) is 0 Å². The second-order valence-corrected chi connectivity index (χ2v) is 6.12. The Balaban J connectivity index is 1.75. The molecule has 1 nitrogen and oxygen atoms in total. The number of hydrogen-bond donors (Lipinski definition) is 1. The van der Waals surface area contributed by atoms with E-state index in [1.54, 1.807) is 0 Å². The van der Waals surface area contributed by atoms with Crippen molar-refractivity contribution in [2.75, 3.05) is 6.54 Å². The van der Waals surface area contributed by atoms with Gasteiger partial charge in [0.25, 0.3) is 0 Å². The minimum atomic E-state index is 0.800. The first kappa shape index (κ1) is 11.4. The van der Waals surface area contributed by atoms with E-state index in [2.05, 4.69) is 19.2 Å². The SMILES string of the molecule is CC(C)CNC1CCC2CCCCC2C1. The molecule has 0 aromatic carbocycles. The summed E-state index contributed by atoms with van der Waals surface area (Å²) in [7, 11) is 0. The molecule has 0 bridgehead atoms. The van der Waals surface area contributed by atoms with Gasteiger partial charge in [0, 0.05) is 6.04 Å². The molecule has 2 rings (SSSR count). The van der Waals surface area contributed by atoms with Gasteiger partial charge in [-0.1, -0.05) is 39.5 Å². The molecule has 15 heavy (non-hydrogen) atoms. The van der Waals surface area contributed by atoms with Crippen LogP contribution in [0.3, 0.4) is 0 Å². The molecule has 1 heteroatoms. The Labute approximate surface area is 95.0 Å². The minimum absolute atomic E-state index is 0.800. The van der Waals surface area contributed by atoms with E-state index in [1.807, 2.05) is 0 Å². The standard InChI is InChI=1S/C14H27N/c1-11(2)10-15-14-8-7-12-5-3-4-6-13(12)9-14/h11-15H,3-10H2,1-2H3. The minimum Gasteiger partial charge on any atom is -0.314 e. The Morgan fingerprint density at radius 1 is 1.00 bits per heavy atom. The Kier molecular flexibility index (Phi) is 4.07. The van der Waals surface area contributed by atoms with E-state index in [1.165, 1.54) is 51.5 Å². The Bertz CT molecular complexity index is 188. The first-order valence-electron chi connectivity index (χ1n) is 6.99. The molecule has 1 N–H and O–H groups in total. The fraction of sp³-hybridized carbons (Fsp3) is 1.00. The second-order valence-electron chi connectivity index (χ2n) is 6.12. The maximum absolute atomic E-state index is 3.75. The van der Waals surface area contributed by atoms with Crippen LogP contribution in [0.2, 0.25) is 0 Å². The van der Waals surface area contributed by atoms with Crippen molar-refractivity contribution < 1.29 is 0 Å². The van der Waals surface area contributed by atoms with Crippen molar-refractivity contribution in [3.63, 3.8) is 0 Å². The molecule has 0 aromatic heterocycles. The van der Waals surface area contributed by atoms with Gasteiger partial charge >= 0.3 is 0 Å². The van der Waals surface area contributed by atoms with Gasteiger partial charge in [0.1, 0.15) is 0 Å². The third kappa shape index (κ3) is 3.21. The molecule has 0 aliphatic heterocycles. The summed E-state index contributed by atoms with van der Waals surface area (Å²) < 4.78 is 0. The van der Waals surface area contributed by atoms with Crippen molar-refractivity contribution in [1.82, 2.24) is 5.32 Å². The maximum atomic E-state index is 3.75. The molecule has 2 aliphatic carbocycles. The van der Waals surface area contributed by atoms with Gasteiger partial charge < -0.3 is 5.32 Å². The number of rotatable bonds is 3. The molecule has 0 spiro atoms. The molecular weight excluding hydrogens is 182 g/mol. The molecule has 0 heterocycles. The summed E-state index contributed by atoms with van der Waals surface area (Å²) in [6.45, 7) is 5.82. The lowest BCUT2D eigenvalue weighted by Crippen LogP contribution is -2.40. The highest BCUT2D eigenvalue weighted by Gasteiger charge is 2.31. The van der Waals surface area contributed by atoms with E-state index in [9.17, 15) is 0 Å². The summed E-state index contributed by atoms with van der Waals surface area (Å²) in [6, 6.07) is 0.840. The summed E-state index contributed by atoms with van der Waals surface area (Å²) in [6.07, 6.45) is 10.5. The van der Waals surface area contributed by atoms with Gasteiger partial charge in [-0.05, 0) is 43.6 Å². The van der Waals surface area contributed by atoms with Gasteiger partial charge in [-0.3, -0.25) is 0 Å². The van der Waals surface area contributed by atoms with Crippen molar-refractivity contribution in [1.29, 1.82) is 0 Å². The van der Waals surface area contributed by atoms with E-state index >= 15 is 0 Å². The zero-order valence-corrected chi connectivity index (χ0v) is 10.5. The molecule has 0 aromatic rings. The van der Waals surface area contributed by atoms with Crippen LogP contribution in [0.4, 0.5) is 0 Å². The lowest BCUT2D eigenvalue weighted by Gasteiger charge is -2.39. The van der Waals surface area contributed by atoms with Crippen LogP contribution in [0.25, 0.3) is 0 Å². The molecule has 2 saturated carbocycles. The molecule has 2 fully saturated rings. The van der Waals surface area contributed by atoms with Crippen LogP contribution < -0.4 is 5.32 Å². The van der Waals surface area contributed by atoms with Crippen LogP contribution in [0.15, 0.2) is 0 Å². The molecule has 0 saturated heterocycles. The maximum Gasteiger partial charge on any atom is 0.00700 e. The average molecular weight is 209 g/mol. The van der Waals surface area contributed by atoms with E-state index < -0.39 is 0 Å². The second kappa shape index (κ2) is 5.34. The zero-order valence-electron chi connectivity index (χ0n) is 10.5. The van der Waals surface area contributed by atoms with Crippen molar-refractivity contribution in [3.05, 3.63) is 0 Å². The third-order valence-electron chi connectivity index (χ3n) is 4.35. The van der Waals surface area contributed by atoms with E-state index in [0.717, 1.165) is 23.8 Å². The predicted molar refractivity (Wildman–Crippen MR) is 65.9 cm³/mol. The monoisotopic (exact) mass is 209 g/mol. The van der Waals surface area contributed by atoms with Crippen molar-refractivity contribution >= 4 is 0 Å². The van der Waals surface area contributed by atoms with Gasteiger partial charge in [-0.15, -0.1) is 0 Å². The molecular formula is C14H27N. The van der Waals surface area contributed by atoms with E-state index in [0.29, 0.717) is 0 Å². The Hall–Kier alpha value is -0.0400. The van der Waals surface area contributed by atoms with Crippen LogP contribution in [0.1, 0.15) is 58.8 Å². The fourth-order valence-corrected chi connectivity index (χ4v) is 3.46. The third-order valence-corrected chi connectivity index (χ3v) is 4.35. The summed E-state index contributed by atoms with van der Waals surface area (Å²) in [5.41, 5.74) is 0. The van der Waals surface area contributed by atoms with Crippen LogP contribution in [0.5, 0.6) is 0 Å². The van der Waals surface area contributed by atoms with Crippen molar-refractivity contribution in [3.8, 4) is 0 Å². The summed E-state index contributed by atoms with van der Waals surface area (Å²) >= 11 is 0. The summed E-state index contributed by atoms with van der Waals surface area (Å²) in [5.74, 6) is 2.96. The highest BCUT2D eigenvalue weighted by Crippen LogP contribution is 2.40. The fourth-order valence-electron chi connectivity index (χ4n) is 3.46. The quantitative estimate of drug-likeness (QED) is 0.749. The number of nitrogens with one attached hydrogen (secondary N) is 1. The lowest BCUT2D eigenvalue weighted by atomic mass is 9.69.